The molecule has 1 aromatic carbocycles. The number of nitrogens with one attached hydrogen (secondary N) is 2. The number of carbonyl (C=O) groups is 1. The van der Waals surface area contributed by atoms with Gasteiger partial charge in [0.1, 0.15) is 0 Å². The van der Waals surface area contributed by atoms with E-state index in [1.54, 1.807) is 19.1 Å². The van der Waals surface area contributed by atoms with Gasteiger partial charge in [-0.2, -0.15) is 0 Å². The third kappa shape index (κ3) is 5.70. The van der Waals surface area contributed by atoms with Crippen LogP contribution in [0.1, 0.15) is 12.0 Å². The number of rotatable bonds is 8. The van der Waals surface area contributed by atoms with E-state index >= 15 is 0 Å². The Kier molecular flexibility index (Phi) is 6.60. The summed E-state index contributed by atoms with van der Waals surface area (Å²) in [6, 6.07) is 4.68. The maximum absolute atomic E-state index is 12.1. The molecule has 8 heteroatoms. The van der Waals surface area contributed by atoms with E-state index < -0.39 is 10.0 Å². The van der Waals surface area contributed by atoms with Crippen LogP contribution in [0.4, 0.5) is 5.69 Å². The summed E-state index contributed by atoms with van der Waals surface area (Å²) >= 11 is 0. The Hall–Kier alpha value is -1.64. The molecule has 0 saturated heterocycles. The predicted molar refractivity (Wildman–Crippen MR) is 80.3 cm³/mol. The molecule has 21 heavy (non-hydrogen) atoms. The number of ether oxygens (including phenoxy) is 1. The highest BCUT2D eigenvalue weighted by atomic mass is 32.2. The summed E-state index contributed by atoms with van der Waals surface area (Å²) in [4.78, 5) is 11.6. The second kappa shape index (κ2) is 7.96. The lowest BCUT2D eigenvalue weighted by Crippen LogP contribution is -2.32. The highest BCUT2D eigenvalue weighted by molar-refractivity contribution is 7.89. The van der Waals surface area contributed by atoms with Crippen molar-refractivity contribution in [2.45, 2.75) is 18.2 Å². The molecule has 0 spiro atoms. The van der Waals surface area contributed by atoms with Crippen LogP contribution >= 0.6 is 0 Å². The van der Waals surface area contributed by atoms with Crippen molar-refractivity contribution in [3.8, 4) is 0 Å². The van der Waals surface area contributed by atoms with Gasteiger partial charge in [0.05, 0.1) is 11.5 Å². The molecular weight excluding hydrogens is 294 g/mol. The molecule has 1 aromatic rings. The van der Waals surface area contributed by atoms with Gasteiger partial charge in [0.15, 0.2) is 0 Å². The summed E-state index contributed by atoms with van der Waals surface area (Å²) in [5.41, 5.74) is 6.57. The molecule has 118 valence electrons. The van der Waals surface area contributed by atoms with Crippen molar-refractivity contribution in [3.63, 3.8) is 0 Å². The van der Waals surface area contributed by atoms with E-state index in [9.17, 15) is 13.2 Å². The van der Waals surface area contributed by atoms with Crippen molar-refractivity contribution in [2.24, 2.45) is 0 Å². The largest absolute Gasteiger partial charge is 0.399 e. The number of sulfonamides is 1. The van der Waals surface area contributed by atoms with Crippen molar-refractivity contribution >= 4 is 21.6 Å². The first kappa shape index (κ1) is 17.4. The maximum atomic E-state index is 12.1. The Morgan fingerprint density at radius 1 is 1.33 bits per heavy atom. The van der Waals surface area contributed by atoms with Crippen LogP contribution in [0.25, 0.3) is 0 Å². The quantitative estimate of drug-likeness (QED) is 0.462. The number of nitrogens with two attached hydrogens (primary N) is 1. The minimum atomic E-state index is -3.67. The first-order valence-corrected chi connectivity index (χ1v) is 7.96. The second-order valence-electron chi connectivity index (χ2n) is 4.52. The lowest BCUT2D eigenvalue weighted by atomic mass is 10.2. The van der Waals surface area contributed by atoms with Gasteiger partial charge in [-0.25, -0.2) is 13.1 Å². The molecule has 0 aliphatic rings. The van der Waals surface area contributed by atoms with Gasteiger partial charge in [-0.05, 0) is 24.6 Å². The van der Waals surface area contributed by atoms with Gasteiger partial charge in [0.25, 0.3) is 0 Å². The van der Waals surface area contributed by atoms with E-state index in [0.717, 1.165) is 0 Å². The first-order chi connectivity index (χ1) is 9.86. The van der Waals surface area contributed by atoms with Crippen LogP contribution in [0.5, 0.6) is 0 Å². The summed E-state index contributed by atoms with van der Waals surface area (Å²) in [5, 5.41) is 2.61. The second-order valence-corrected chi connectivity index (χ2v) is 6.25. The van der Waals surface area contributed by atoms with Crippen LogP contribution in [0.3, 0.4) is 0 Å². The van der Waals surface area contributed by atoms with Crippen molar-refractivity contribution in [1.29, 1.82) is 0 Å². The third-order valence-corrected chi connectivity index (χ3v) is 4.38. The minimum Gasteiger partial charge on any atom is -0.399 e. The van der Waals surface area contributed by atoms with Crippen molar-refractivity contribution < 1.29 is 17.9 Å². The predicted octanol–water partition coefficient (Wildman–Crippen LogP) is 0.00822. The normalized spacial score (nSPS) is 11.3. The molecule has 4 N–H and O–H groups in total. The summed E-state index contributed by atoms with van der Waals surface area (Å²) in [7, 11) is -2.13. The van der Waals surface area contributed by atoms with Crippen LogP contribution in [0, 0.1) is 6.92 Å². The molecule has 0 aliphatic carbocycles. The highest BCUT2D eigenvalue weighted by Crippen LogP contribution is 2.17. The molecule has 0 atom stereocenters. The third-order valence-electron chi connectivity index (χ3n) is 2.77. The van der Waals surface area contributed by atoms with Gasteiger partial charge in [-0.1, -0.05) is 6.07 Å². The molecule has 0 heterocycles. The summed E-state index contributed by atoms with van der Waals surface area (Å²) in [6.07, 6.45) is 0.0598. The zero-order chi connectivity index (χ0) is 15.9. The monoisotopic (exact) mass is 315 g/mol. The van der Waals surface area contributed by atoms with E-state index in [0.29, 0.717) is 24.4 Å². The molecule has 1 rings (SSSR count). The van der Waals surface area contributed by atoms with E-state index in [1.165, 1.54) is 13.2 Å². The fourth-order valence-electron chi connectivity index (χ4n) is 1.66. The Labute approximate surface area is 124 Å². The Balaban J connectivity index is 2.54. The van der Waals surface area contributed by atoms with Gasteiger partial charge >= 0.3 is 0 Å². The number of aryl methyl sites for hydroxylation is 1. The van der Waals surface area contributed by atoms with Crippen LogP contribution in [-0.4, -0.2) is 41.1 Å². The van der Waals surface area contributed by atoms with Crippen molar-refractivity contribution in [1.82, 2.24) is 10.0 Å². The molecule has 0 bridgehead atoms. The molecule has 0 aliphatic heterocycles. The number of carbonyl (C=O) groups excluding carboxylic acids is 1. The van der Waals surface area contributed by atoms with Crippen LogP contribution < -0.4 is 15.8 Å². The maximum Gasteiger partial charge on any atom is 0.240 e. The number of amides is 1. The fourth-order valence-corrected chi connectivity index (χ4v) is 2.97. The zero-order valence-corrected chi connectivity index (χ0v) is 13.0. The summed E-state index contributed by atoms with van der Waals surface area (Å²) in [5.74, 6) is -0.237. The Morgan fingerprint density at radius 3 is 2.71 bits per heavy atom. The van der Waals surface area contributed by atoms with E-state index in [-0.39, 0.29) is 23.8 Å². The number of benzene rings is 1. The van der Waals surface area contributed by atoms with Gasteiger partial charge in [-0.15, -0.1) is 0 Å². The smallest absolute Gasteiger partial charge is 0.240 e. The van der Waals surface area contributed by atoms with Gasteiger partial charge < -0.3 is 15.8 Å². The van der Waals surface area contributed by atoms with Crippen LogP contribution in [-0.2, 0) is 19.6 Å². The van der Waals surface area contributed by atoms with Crippen LogP contribution in [0.2, 0.25) is 0 Å². The number of nitrogen functional groups attached to an aromatic ring is 1. The topological polar surface area (TPSA) is 111 Å². The molecule has 0 saturated carbocycles. The number of hydrogen-bond acceptors (Lipinski definition) is 5. The number of anilines is 1. The average molecular weight is 315 g/mol. The minimum absolute atomic E-state index is 0.0232. The molecule has 0 unspecified atom stereocenters. The lowest BCUT2D eigenvalue weighted by molar-refractivity contribution is -0.121. The molecule has 1 amide bonds. The van der Waals surface area contributed by atoms with E-state index in [4.69, 9.17) is 10.5 Å². The van der Waals surface area contributed by atoms with E-state index in [1.807, 2.05) is 0 Å². The van der Waals surface area contributed by atoms with E-state index in [2.05, 4.69) is 10.0 Å². The SMILES string of the molecule is COCCNC(=O)CCNS(=O)(=O)c1cc(N)ccc1C. The Bertz CT molecular complexity index is 587. The fraction of sp³-hybridized carbons (Fsp3) is 0.462. The summed E-state index contributed by atoms with van der Waals surface area (Å²) < 4.78 is 31.4. The average Bonchev–Trinajstić information content (AvgIpc) is 2.41. The lowest BCUT2D eigenvalue weighted by Gasteiger charge is -2.10. The standard InChI is InChI=1S/C13H21N3O4S/c1-10-3-4-11(14)9-12(10)21(18,19)16-6-5-13(17)15-7-8-20-2/h3-4,9,16H,5-8,14H2,1-2H3,(H,15,17). The molecular formula is C13H21N3O4S. The number of hydrogen-bond donors (Lipinski definition) is 3. The van der Waals surface area contributed by atoms with Crippen LogP contribution in [0.15, 0.2) is 23.1 Å². The van der Waals surface area contributed by atoms with Gasteiger partial charge in [0.2, 0.25) is 15.9 Å². The first-order valence-electron chi connectivity index (χ1n) is 6.48. The van der Waals surface area contributed by atoms with Crippen molar-refractivity contribution in [2.75, 3.05) is 32.5 Å². The Morgan fingerprint density at radius 2 is 2.05 bits per heavy atom. The molecule has 0 radical (unpaired) electrons. The van der Waals surface area contributed by atoms with Gasteiger partial charge in [-0.3, -0.25) is 4.79 Å². The highest BCUT2D eigenvalue weighted by Gasteiger charge is 2.17. The summed E-state index contributed by atoms with van der Waals surface area (Å²) in [6.45, 7) is 2.53. The zero-order valence-electron chi connectivity index (χ0n) is 12.2. The molecule has 0 fully saturated rings. The van der Waals surface area contributed by atoms with Gasteiger partial charge in [0, 0.05) is 32.3 Å². The molecule has 7 nitrogen and oxygen atoms in total. The van der Waals surface area contributed by atoms with Crippen molar-refractivity contribution in [3.05, 3.63) is 23.8 Å². The molecule has 0 aromatic heterocycles. The number of methoxy groups -OCH3 is 1.